The Bertz CT molecular complexity index is 820. The molecule has 1 aliphatic heterocycles. The van der Waals surface area contributed by atoms with Gasteiger partial charge >= 0.3 is 0 Å². The molecule has 0 spiro atoms. The van der Waals surface area contributed by atoms with Crippen LogP contribution in [0.1, 0.15) is 17.2 Å². The normalized spacial score (nSPS) is 15.3. The lowest BCUT2D eigenvalue weighted by molar-refractivity contribution is 0.212. The van der Waals surface area contributed by atoms with Gasteiger partial charge in [-0.05, 0) is 11.1 Å². The largest absolute Gasteiger partial charge is 0.368 e. The third kappa shape index (κ3) is 4.04. The molecule has 1 fully saturated rings. The van der Waals surface area contributed by atoms with Crippen molar-refractivity contribution >= 4 is 23.4 Å². The van der Waals surface area contributed by atoms with Crippen LogP contribution in [0.2, 0.25) is 5.15 Å². The number of rotatable bonds is 4. The summed E-state index contributed by atoms with van der Waals surface area (Å²) in [5.74, 6) is 1.01. The van der Waals surface area contributed by atoms with Crippen molar-refractivity contribution in [3.8, 4) is 0 Å². The quantitative estimate of drug-likeness (QED) is 0.701. The number of nitrogens with zero attached hydrogens (tertiary/aromatic N) is 4. The lowest BCUT2D eigenvalue weighted by Crippen LogP contribution is -2.48. The third-order valence-corrected chi connectivity index (χ3v) is 5.13. The van der Waals surface area contributed by atoms with Gasteiger partial charge in [-0.1, -0.05) is 72.3 Å². The first-order valence-corrected chi connectivity index (χ1v) is 9.47. The third-order valence-electron chi connectivity index (χ3n) is 4.93. The Balaban J connectivity index is 1.55. The molecule has 0 atom stereocenters. The molecule has 2 aromatic carbocycles. The fourth-order valence-electron chi connectivity index (χ4n) is 3.68. The molecule has 3 aromatic rings. The molecule has 0 radical (unpaired) electrons. The van der Waals surface area contributed by atoms with Crippen LogP contribution in [0.25, 0.3) is 0 Å². The first-order chi connectivity index (χ1) is 13.2. The summed E-state index contributed by atoms with van der Waals surface area (Å²) < 4.78 is 0. The molecular weight excluding hydrogens is 358 g/mol. The smallest absolute Gasteiger partial charge is 0.223 e. The summed E-state index contributed by atoms with van der Waals surface area (Å²) in [6, 6.07) is 23.4. The van der Waals surface area contributed by atoms with Crippen LogP contribution in [0.4, 0.5) is 11.8 Å². The Morgan fingerprint density at radius 2 is 1.37 bits per heavy atom. The molecule has 0 aliphatic carbocycles. The summed E-state index contributed by atoms with van der Waals surface area (Å²) in [7, 11) is 0. The number of hydrogen-bond donors (Lipinski definition) is 1. The van der Waals surface area contributed by atoms with Crippen LogP contribution < -0.4 is 10.6 Å². The molecule has 138 valence electrons. The molecule has 27 heavy (non-hydrogen) atoms. The fourth-order valence-corrected chi connectivity index (χ4v) is 3.86. The van der Waals surface area contributed by atoms with Crippen LogP contribution in [-0.2, 0) is 0 Å². The monoisotopic (exact) mass is 379 g/mol. The van der Waals surface area contributed by atoms with E-state index in [-0.39, 0.29) is 12.0 Å². The van der Waals surface area contributed by atoms with E-state index in [0.29, 0.717) is 5.15 Å². The molecule has 0 amide bonds. The van der Waals surface area contributed by atoms with E-state index in [4.69, 9.17) is 17.3 Å². The number of hydrogen-bond acceptors (Lipinski definition) is 5. The molecule has 6 heteroatoms. The van der Waals surface area contributed by atoms with Crippen molar-refractivity contribution in [2.45, 2.75) is 6.04 Å². The van der Waals surface area contributed by atoms with Crippen LogP contribution in [0.5, 0.6) is 0 Å². The van der Waals surface area contributed by atoms with Gasteiger partial charge < -0.3 is 10.6 Å². The molecule has 0 unspecified atom stereocenters. The SMILES string of the molecule is Nc1nc(Cl)cc(N2CCN(C(c3ccccc3)c3ccccc3)CC2)n1. The minimum Gasteiger partial charge on any atom is -0.368 e. The number of nitrogens with two attached hydrogens (primary N) is 1. The summed E-state index contributed by atoms with van der Waals surface area (Å²) in [5.41, 5.74) is 8.37. The van der Waals surface area contributed by atoms with Gasteiger partial charge in [0.25, 0.3) is 0 Å². The number of aromatic nitrogens is 2. The van der Waals surface area contributed by atoms with Crippen molar-refractivity contribution < 1.29 is 0 Å². The molecule has 2 heterocycles. The molecular formula is C21H22ClN5. The van der Waals surface area contributed by atoms with Crippen LogP contribution in [0.3, 0.4) is 0 Å². The predicted molar refractivity (Wildman–Crippen MR) is 110 cm³/mol. The second-order valence-electron chi connectivity index (χ2n) is 6.65. The predicted octanol–water partition coefficient (Wildman–Crippen LogP) is 3.62. The van der Waals surface area contributed by atoms with Gasteiger partial charge in [-0.15, -0.1) is 0 Å². The summed E-state index contributed by atoms with van der Waals surface area (Å²) in [6.07, 6.45) is 0. The molecule has 1 aliphatic rings. The van der Waals surface area contributed by atoms with Crippen molar-refractivity contribution in [2.24, 2.45) is 0 Å². The number of benzene rings is 2. The molecule has 1 aromatic heterocycles. The zero-order valence-electron chi connectivity index (χ0n) is 15.0. The standard InChI is InChI=1S/C21H22ClN5/c22-18-15-19(25-21(23)24-18)26-11-13-27(14-12-26)20(16-7-3-1-4-8-16)17-9-5-2-6-10-17/h1-10,15,20H,11-14H2,(H2,23,24,25). The molecule has 1 saturated heterocycles. The first-order valence-electron chi connectivity index (χ1n) is 9.09. The van der Waals surface area contributed by atoms with Crippen LogP contribution >= 0.6 is 11.6 Å². The van der Waals surface area contributed by atoms with Gasteiger partial charge in [0.1, 0.15) is 11.0 Å². The summed E-state index contributed by atoms with van der Waals surface area (Å²) >= 11 is 6.04. The highest BCUT2D eigenvalue weighted by Gasteiger charge is 2.27. The Labute approximate surface area is 164 Å². The van der Waals surface area contributed by atoms with E-state index in [2.05, 4.69) is 80.4 Å². The lowest BCUT2D eigenvalue weighted by atomic mass is 9.96. The highest BCUT2D eigenvalue weighted by Crippen LogP contribution is 2.30. The van der Waals surface area contributed by atoms with E-state index in [1.807, 2.05) is 0 Å². The Morgan fingerprint density at radius 3 is 1.89 bits per heavy atom. The van der Waals surface area contributed by atoms with E-state index in [0.717, 1.165) is 32.0 Å². The average Bonchev–Trinajstić information content (AvgIpc) is 2.70. The molecule has 0 bridgehead atoms. The van der Waals surface area contributed by atoms with E-state index < -0.39 is 0 Å². The highest BCUT2D eigenvalue weighted by molar-refractivity contribution is 6.29. The van der Waals surface area contributed by atoms with Gasteiger partial charge in [0.2, 0.25) is 5.95 Å². The maximum Gasteiger partial charge on any atom is 0.223 e. The second kappa shape index (κ2) is 7.94. The van der Waals surface area contributed by atoms with Gasteiger partial charge in [-0.2, -0.15) is 4.98 Å². The average molecular weight is 380 g/mol. The number of anilines is 2. The highest BCUT2D eigenvalue weighted by atomic mass is 35.5. The van der Waals surface area contributed by atoms with Crippen molar-refractivity contribution in [1.82, 2.24) is 14.9 Å². The Hall–Kier alpha value is -2.63. The van der Waals surface area contributed by atoms with E-state index in [9.17, 15) is 0 Å². The zero-order valence-corrected chi connectivity index (χ0v) is 15.8. The van der Waals surface area contributed by atoms with Crippen LogP contribution in [-0.4, -0.2) is 41.0 Å². The number of halogens is 1. The maximum absolute atomic E-state index is 6.04. The van der Waals surface area contributed by atoms with E-state index >= 15 is 0 Å². The van der Waals surface area contributed by atoms with Gasteiger partial charge in [-0.3, -0.25) is 4.90 Å². The molecule has 4 rings (SSSR count). The number of piperazine rings is 1. The molecule has 0 saturated carbocycles. The summed E-state index contributed by atoms with van der Waals surface area (Å²) in [6.45, 7) is 3.58. The minimum atomic E-state index is 0.214. The summed E-state index contributed by atoms with van der Waals surface area (Å²) in [5, 5.41) is 0.381. The molecule has 2 N–H and O–H groups in total. The van der Waals surface area contributed by atoms with Gasteiger partial charge in [0.15, 0.2) is 0 Å². The van der Waals surface area contributed by atoms with Crippen molar-refractivity contribution in [2.75, 3.05) is 36.8 Å². The van der Waals surface area contributed by atoms with Crippen molar-refractivity contribution in [1.29, 1.82) is 0 Å². The van der Waals surface area contributed by atoms with Gasteiger partial charge in [0, 0.05) is 32.2 Å². The van der Waals surface area contributed by atoms with Gasteiger partial charge in [-0.25, -0.2) is 4.98 Å². The minimum absolute atomic E-state index is 0.214. The van der Waals surface area contributed by atoms with E-state index in [1.165, 1.54) is 11.1 Å². The van der Waals surface area contributed by atoms with Crippen LogP contribution in [0.15, 0.2) is 66.7 Å². The summed E-state index contributed by atoms with van der Waals surface area (Å²) in [4.78, 5) is 13.0. The van der Waals surface area contributed by atoms with E-state index in [1.54, 1.807) is 6.07 Å². The Morgan fingerprint density at radius 1 is 0.815 bits per heavy atom. The first kappa shape index (κ1) is 17.8. The van der Waals surface area contributed by atoms with Crippen molar-refractivity contribution in [3.05, 3.63) is 83.0 Å². The molecule has 5 nitrogen and oxygen atoms in total. The fraction of sp³-hybridized carbons (Fsp3) is 0.238. The topological polar surface area (TPSA) is 58.3 Å². The lowest BCUT2D eigenvalue weighted by Gasteiger charge is -2.40. The van der Waals surface area contributed by atoms with Crippen LogP contribution in [0, 0.1) is 0 Å². The zero-order chi connectivity index (χ0) is 18.6. The Kier molecular flexibility index (Phi) is 5.23. The second-order valence-corrected chi connectivity index (χ2v) is 7.04. The number of nitrogen functional groups attached to an aromatic ring is 1. The maximum atomic E-state index is 6.04. The van der Waals surface area contributed by atoms with Crippen molar-refractivity contribution in [3.63, 3.8) is 0 Å². The van der Waals surface area contributed by atoms with Gasteiger partial charge in [0.05, 0.1) is 6.04 Å².